The number of rotatable bonds is 4. The molecule has 2 atom stereocenters. The average Bonchev–Trinajstić information content (AvgIpc) is 2.81. The van der Waals surface area contributed by atoms with E-state index in [2.05, 4.69) is 27.7 Å². The Morgan fingerprint density at radius 1 is 0.889 bits per heavy atom. The number of benzene rings is 1. The van der Waals surface area contributed by atoms with E-state index in [9.17, 15) is 8.42 Å². The molecule has 4 nitrogen and oxygen atoms in total. The molecule has 2 aliphatic carbocycles. The van der Waals surface area contributed by atoms with Gasteiger partial charge in [0.2, 0.25) is 10.0 Å². The summed E-state index contributed by atoms with van der Waals surface area (Å²) in [4.78, 5) is 0.355. The Balaban J connectivity index is 2.15. The monoisotopic (exact) mass is 388 g/mol. The summed E-state index contributed by atoms with van der Waals surface area (Å²) < 4.78 is 29.4. The van der Waals surface area contributed by atoms with Crippen LogP contribution in [0.1, 0.15) is 58.9 Å². The zero-order chi connectivity index (χ0) is 19.9. The van der Waals surface area contributed by atoms with Crippen LogP contribution in [0, 0.1) is 6.92 Å². The quantitative estimate of drug-likeness (QED) is 0.836. The fourth-order valence-electron chi connectivity index (χ4n) is 4.50. The molecule has 0 unspecified atom stereocenters. The zero-order valence-electron chi connectivity index (χ0n) is 17.1. The molecule has 0 amide bonds. The fraction of sp³-hybridized carbons (Fsp3) is 0.545. The molecule has 1 aromatic carbocycles. The maximum absolute atomic E-state index is 13.8. The summed E-state index contributed by atoms with van der Waals surface area (Å²) in [6.45, 7) is 10.3. The molecule has 1 aromatic rings. The number of allylic oxidation sites excluding steroid dienone is 2. The van der Waals surface area contributed by atoms with Gasteiger partial charge in [0, 0.05) is 12.1 Å². The first-order chi connectivity index (χ1) is 12.7. The second kappa shape index (κ2) is 7.53. The van der Waals surface area contributed by atoms with Crippen LogP contribution in [-0.4, -0.2) is 30.8 Å². The molecule has 1 fully saturated rings. The van der Waals surface area contributed by atoms with Gasteiger partial charge in [-0.3, -0.25) is 0 Å². The summed E-state index contributed by atoms with van der Waals surface area (Å²) in [5.74, 6) is 0. The lowest BCUT2D eigenvalue weighted by atomic mass is 9.89. The number of hydrogen-bond donors (Lipinski definition) is 1. The van der Waals surface area contributed by atoms with E-state index in [4.69, 9.17) is 5.73 Å². The largest absolute Gasteiger partial charge is 0.326 e. The Bertz CT molecular complexity index is 857. The van der Waals surface area contributed by atoms with Crippen LogP contribution in [0.4, 0.5) is 0 Å². The van der Waals surface area contributed by atoms with Gasteiger partial charge in [-0.2, -0.15) is 4.31 Å². The van der Waals surface area contributed by atoms with E-state index in [-0.39, 0.29) is 18.1 Å². The van der Waals surface area contributed by atoms with E-state index < -0.39 is 10.0 Å². The molecule has 2 N–H and O–H groups in total. The molecule has 3 rings (SSSR count). The van der Waals surface area contributed by atoms with Gasteiger partial charge < -0.3 is 5.73 Å². The van der Waals surface area contributed by atoms with Crippen molar-refractivity contribution in [2.24, 2.45) is 5.73 Å². The Hall–Kier alpha value is -1.43. The Morgan fingerprint density at radius 3 is 1.93 bits per heavy atom. The minimum atomic E-state index is -3.66. The predicted molar refractivity (Wildman–Crippen MR) is 111 cm³/mol. The Labute approximate surface area is 164 Å². The van der Waals surface area contributed by atoms with Crippen molar-refractivity contribution in [2.75, 3.05) is 0 Å². The van der Waals surface area contributed by atoms with Crippen LogP contribution in [0.3, 0.4) is 0 Å². The molecular weight excluding hydrogens is 356 g/mol. The van der Waals surface area contributed by atoms with Crippen LogP contribution in [0.25, 0.3) is 0 Å². The molecule has 0 heterocycles. The van der Waals surface area contributed by atoms with Crippen molar-refractivity contribution in [3.8, 4) is 0 Å². The molecule has 2 aliphatic rings. The highest BCUT2D eigenvalue weighted by Crippen LogP contribution is 2.40. The maximum Gasteiger partial charge on any atom is 0.244 e. The third-order valence-electron chi connectivity index (χ3n) is 6.53. The molecule has 5 heteroatoms. The van der Waals surface area contributed by atoms with E-state index in [0.29, 0.717) is 4.90 Å². The first-order valence-electron chi connectivity index (χ1n) is 9.87. The zero-order valence-corrected chi connectivity index (χ0v) is 17.9. The van der Waals surface area contributed by atoms with Gasteiger partial charge in [0.25, 0.3) is 0 Å². The van der Waals surface area contributed by atoms with Crippen molar-refractivity contribution in [3.63, 3.8) is 0 Å². The fourth-order valence-corrected chi connectivity index (χ4v) is 6.44. The average molecular weight is 389 g/mol. The van der Waals surface area contributed by atoms with Gasteiger partial charge in [0.1, 0.15) is 0 Å². The van der Waals surface area contributed by atoms with Crippen LogP contribution >= 0.6 is 0 Å². The Kier molecular flexibility index (Phi) is 5.67. The van der Waals surface area contributed by atoms with E-state index in [1.54, 1.807) is 16.4 Å². The third-order valence-corrected chi connectivity index (χ3v) is 8.43. The second-order valence-corrected chi connectivity index (χ2v) is 10.0. The first-order valence-corrected chi connectivity index (χ1v) is 11.3. The molecule has 0 radical (unpaired) electrons. The smallest absolute Gasteiger partial charge is 0.244 e. The molecular formula is C22H32N2O2S. The molecule has 0 spiro atoms. The minimum absolute atomic E-state index is 0.124. The van der Waals surface area contributed by atoms with Gasteiger partial charge in [-0.25, -0.2) is 8.42 Å². The summed E-state index contributed by atoms with van der Waals surface area (Å²) in [5.41, 5.74) is 12.2. The summed E-state index contributed by atoms with van der Waals surface area (Å²) in [6, 6.07) is 6.65. The SMILES string of the molecule is CC1=C(C)C(N([C@H]2CCCC[C@@H]2N)S(=O)(=O)c2ccc(C)cc2)C(C)=C1C. The maximum atomic E-state index is 13.8. The van der Waals surface area contributed by atoms with Crippen molar-refractivity contribution >= 4 is 10.0 Å². The lowest BCUT2D eigenvalue weighted by Gasteiger charge is -2.42. The van der Waals surface area contributed by atoms with Gasteiger partial charge in [0.15, 0.2) is 0 Å². The molecule has 0 saturated heterocycles. The minimum Gasteiger partial charge on any atom is -0.326 e. The van der Waals surface area contributed by atoms with Crippen molar-refractivity contribution in [3.05, 3.63) is 52.1 Å². The van der Waals surface area contributed by atoms with Crippen molar-refractivity contribution < 1.29 is 8.42 Å². The molecule has 0 aliphatic heterocycles. The van der Waals surface area contributed by atoms with Crippen LogP contribution in [0.15, 0.2) is 51.5 Å². The van der Waals surface area contributed by atoms with Gasteiger partial charge in [0.05, 0.1) is 10.9 Å². The molecule has 1 saturated carbocycles. The highest BCUT2D eigenvalue weighted by atomic mass is 32.2. The summed E-state index contributed by atoms with van der Waals surface area (Å²) in [5, 5.41) is 0. The van der Waals surface area contributed by atoms with Gasteiger partial charge in [-0.05, 0) is 81.9 Å². The van der Waals surface area contributed by atoms with E-state index >= 15 is 0 Å². The third kappa shape index (κ3) is 3.53. The number of nitrogens with two attached hydrogens (primary N) is 1. The van der Waals surface area contributed by atoms with E-state index in [1.807, 2.05) is 19.1 Å². The van der Waals surface area contributed by atoms with Crippen molar-refractivity contribution in [1.82, 2.24) is 4.31 Å². The summed E-state index contributed by atoms with van der Waals surface area (Å²) in [6.07, 6.45) is 3.79. The standard InChI is InChI=1S/C22H32N2O2S/c1-14-10-12-19(13-11-14)27(25,26)24(21-9-7-6-8-20(21)23)22-17(4)15(2)16(3)18(22)5/h10-13,20-22H,6-9,23H2,1-5H3/t20-,21-/m0/s1. The van der Waals surface area contributed by atoms with E-state index in [0.717, 1.165) is 42.4 Å². The summed E-state index contributed by atoms with van der Waals surface area (Å²) >= 11 is 0. The second-order valence-electron chi connectivity index (χ2n) is 8.18. The van der Waals surface area contributed by atoms with Gasteiger partial charge in [-0.1, -0.05) is 30.5 Å². The Morgan fingerprint density at radius 2 is 1.41 bits per heavy atom. The number of aryl methyl sites for hydroxylation is 1. The lowest BCUT2D eigenvalue weighted by molar-refractivity contribution is 0.209. The summed E-state index contributed by atoms with van der Waals surface area (Å²) in [7, 11) is -3.66. The van der Waals surface area contributed by atoms with Crippen LogP contribution in [0.5, 0.6) is 0 Å². The highest BCUT2D eigenvalue weighted by molar-refractivity contribution is 7.89. The van der Waals surface area contributed by atoms with E-state index in [1.165, 1.54) is 11.1 Å². The van der Waals surface area contributed by atoms with Crippen LogP contribution < -0.4 is 5.73 Å². The topological polar surface area (TPSA) is 63.4 Å². The first kappa shape index (κ1) is 20.3. The van der Waals surface area contributed by atoms with Crippen molar-refractivity contribution in [2.45, 2.75) is 83.3 Å². The predicted octanol–water partition coefficient (Wildman–Crippen LogP) is 4.31. The number of hydrogen-bond acceptors (Lipinski definition) is 3. The number of nitrogens with zero attached hydrogens (tertiary/aromatic N) is 1. The lowest BCUT2D eigenvalue weighted by Crippen LogP contribution is -2.56. The molecule has 0 bridgehead atoms. The van der Waals surface area contributed by atoms with Crippen molar-refractivity contribution in [1.29, 1.82) is 0 Å². The highest BCUT2D eigenvalue weighted by Gasteiger charge is 2.44. The van der Waals surface area contributed by atoms with Gasteiger partial charge in [-0.15, -0.1) is 0 Å². The molecule has 0 aromatic heterocycles. The molecule has 148 valence electrons. The molecule has 27 heavy (non-hydrogen) atoms. The number of sulfonamides is 1. The van der Waals surface area contributed by atoms with Crippen LogP contribution in [-0.2, 0) is 10.0 Å². The van der Waals surface area contributed by atoms with Gasteiger partial charge >= 0.3 is 0 Å². The normalized spacial score (nSPS) is 25.0. The van der Waals surface area contributed by atoms with Crippen LogP contribution in [0.2, 0.25) is 0 Å².